The third-order valence-corrected chi connectivity index (χ3v) is 7.01. The molecule has 0 bridgehead atoms. The summed E-state index contributed by atoms with van der Waals surface area (Å²) >= 11 is 0. The molecule has 2 atom stereocenters. The van der Waals surface area contributed by atoms with E-state index in [1.165, 1.54) is 75.5 Å². The van der Waals surface area contributed by atoms with Gasteiger partial charge in [-0.2, -0.15) is 0 Å². The summed E-state index contributed by atoms with van der Waals surface area (Å²) in [6.45, 7) is 2.87. The number of nitrogens with zero attached hydrogens (tertiary/aromatic N) is 2. The number of carbonyl (C=O) groups is 1. The summed E-state index contributed by atoms with van der Waals surface area (Å²) in [6, 6.07) is 0. The maximum Gasteiger partial charge on any atom is 0.472 e. The molecular weight excluding hydrogens is 467 g/mol. The summed E-state index contributed by atoms with van der Waals surface area (Å²) in [5.41, 5.74) is 0. The predicted molar refractivity (Wildman–Crippen MR) is 144 cm³/mol. The molecule has 0 spiro atoms. The largest absolute Gasteiger partial charge is 0.472 e. The summed E-state index contributed by atoms with van der Waals surface area (Å²) in [6.07, 6.45) is 17.1. The van der Waals surface area contributed by atoms with Crippen molar-refractivity contribution in [2.24, 2.45) is 0 Å². The average molecular weight is 524 g/mol. The minimum atomic E-state index is -4.22. The molecule has 210 valence electrons. The summed E-state index contributed by atoms with van der Waals surface area (Å²) < 4.78 is 28.7. The second-order valence-corrected chi connectivity index (χ2v) is 12.3. The highest BCUT2D eigenvalue weighted by Crippen LogP contribution is 2.45. The Morgan fingerprint density at radius 3 is 1.74 bits per heavy atom. The standard InChI is InChI=1S/C26H55N2O6P/c1-7-8-9-10-11-12-13-14-15-16-17-18-19-20-21-25(24-32-26(29)27(2)3)34-35(30,31)33-23-22-28(4,5)6/h25H,7-24H2,1-6H3/p+1. The van der Waals surface area contributed by atoms with Gasteiger partial charge < -0.3 is 19.0 Å². The Kier molecular flexibility index (Phi) is 20.0. The van der Waals surface area contributed by atoms with E-state index in [1.54, 1.807) is 14.1 Å². The first-order valence-electron chi connectivity index (χ1n) is 13.8. The Morgan fingerprint density at radius 2 is 1.31 bits per heavy atom. The number of likely N-dealkylation sites (N-methyl/N-ethyl adjacent to an activating group) is 1. The van der Waals surface area contributed by atoms with Crippen LogP contribution in [0.5, 0.6) is 0 Å². The van der Waals surface area contributed by atoms with Crippen LogP contribution in [0.4, 0.5) is 4.79 Å². The van der Waals surface area contributed by atoms with Crippen LogP contribution in [0, 0.1) is 0 Å². The normalized spacial score (nSPS) is 14.5. The molecule has 0 heterocycles. The molecule has 2 unspecified atom stereocenters. The minimum absolute atomic E-state index is 0.0707. The molecule has 0 saturated heterocycles. The van der Waals surface area contributed by atoms with Crippen molar-refractivity contribution in [1.82, 2.24) is 4.90 Å². The SMILES string of the molecule is CCCCCCCCCCCCCCCCC(COC(=O)N(C)C)OP(=O)(O)OCC[N+](C)(C)C. The van der Waals surface area contributed by atoms with Crippen molar-refractivity contribution < 1.29 is 32.5 Å². The van der Waals surface area contributed by atoms with E-state index in [-0.39, 0.29) is 13.2 Å². The predicted octanol–water partition coefficient (Wildman–Crippen LogP) is 6.76. The van der Waals surface area contributed by atoms with E-state index in [9.17, 15) is 14.3 Å². The molecule has 0 aromatic heterocycles. The molecule has 8 nitrogen and oxygen atoms in total. The molecule has 0 saturated carbocycles. The molecule has 0 radical (unpaired) electrons. The number of phosphoric ester groups is 1. The Morgan fingerprint density at radius 1 is 0.857 bits per heavy atom. The summed E-state index contributed by atoms with van der Waals surface area (Å²) in [4.78, 5) is 23.2. The van der Waals surface area contributed by atoms with Crippen molar-refractivity contribution in [3.63, 3.8) is 0 Å². The lowest BCUT2D eigenvalue weighted by Gasteiger charge is -2.25. The molecule has 35 heavy (non-hydrogen) atoms. The maximum absolute atomic E-state index is 12.4. The molecule has 0 aliphatic rings. The second kappa shape index (κ2) is 20.4. The molecule has 9 heteroatoms. The fraction of sp³-hybridized carbons (Fsp3) is 0.962. The molecule has 1 N–H and O–H groups in total. The Bertz CT molecular complexity index is 569. The maximum atomic E-state index is 12.4. The number of hydrogen-bond acceptors (Lipinski definition) is 5. The number of phosphoric acid groups is 1. The summed E-state index contributed by atoms with van der Waals surface area (Å²) in [7, 11) is 4.90. The van der Waals surface area contributed by atoms with Crippen molar-refractivity contribution >= 4 is 13.9 Å². The van der Waals surface area contributed by atoms with Crippen LogP contribution in [-0.2, 0) is 18.3 Å². The lowest BCUT2D eigenvalue weighted by molar-refractivity contribution is -0.870. The number of amides is 1. The highest BCUT2D eigenvalue weighted by molar-refractivity contribution is 7.47. The van der Waals surface area contributed by atoms with Crippen LogP contribution in [0.25, 0.3) is 0 Å². The van der Waals surface area contributed by atoms with Crippen LogP contribution in [-0.4, -0.2) is 81.5 Å². The van der Waals surface area contributed by atoms with Gasteiger partial charge in [-0.05, 0) is 6.42 Å². The first kappa shape index (κ1) is 34.3. The topological polar surface area (TPSA) is 85.3 Å². The van der Waals surface area contributed by atoms with E-state index in [1.807, 2.05) is 21.1 Å². The van der Waals surface area contributed by atoms with E-state index in [4.69, 9.17) is 13.8 Å². The van der Waals surface area contributed by atoms with Crippen LogP contribution in [0.3, 0.4) is 0 Å². The fourth-order valence-corrected chi connectivity index (χ4v) is 4.59. The molecule has 0 aromatic carbocycles. The van der Waals surface area contributed by atoms with Crippen molar-refractivity contribution in [3.05, 3.63) is 0 Å². The minimum Gasteiger partial charge on any atom is -0.447 e. The molecule has 0 aromatic rings. The first-order valence-corrected chi connectivity index (χ1v) is 15.3. The number of hydrogen-bond donors (Lipinski definition) is 1. The van der Waals surface area contributed by atoms with Gasteiger partial charge in [0.15, 0.2) is 0 Å². The molecule has 0 aliphatic carbocycles. The van der Waals surface area contributed by atoms with Crippen LogP contribution in [0.15, 0.2) is 0 Å². The van der Waals surface area contributed by atoms with E-state index in [0.717, 1.165) is 19.3 Å². The number of rotatable bonds is 23. The monoisotopic (exact) mass is 523 g/mol. The first-order chi connectivity index (χ1) is 16.5. The highest BCUT2D eigenvalue weighted by Gasteiger charge is 2.28. The smallest absolute Gasteiger partial charge is 0.447 e. The summed E-state index contributed by atoms with van der Waals surface area (Å²) in [5, 5.41) is 0. The zero-order valence-electron chi connectivity index (χ0n) is 23.6. The van der Waals surface area contributed by atoms with Gasteiger partial charge in [0.25, 0.3) is 0 Å². The Balaban J connectivity index is 4.14. The highest BCUT2D eigenvalue weighted by atomic mass is 31.2. The van der Waals surface area contributed by atoms with Crippen LogP contribution < -0.4 is 0 Å². The van der Waals surface area contributed by atoms with Gasteiger partial charge >= 0.3 is 13.9 Å². The lowest BCUT2D eigenvalue weighted by atomic mass is 10.0. The quantitative estimate of drug-likeness (QED) is 0.0904. The van der Waals surface area contributed by atoms with E-state index in [0.29, 0.717) is 17.4 Å². The van der Waals surface area contributed by atoms with Gasteiger partial charge in [-0.3, -0.25) is 9.05 Å². The number of quaternary nitrogens is 1. The lowest BCUT2D eigenvalue weighted by Crippen LogP contribution is -2.37. The zero-order valence-corrected chi connectivity index (χ0v) is 24.5. The second-order valence-electron chi connectivity index (χ2n) is 10.9. The zero-order chi connectivity index (χ0) is 26.6. The number of carbonyl (C=O) groups excluding carboxylic acids is 1. The molecule has 0 aliphatic heterocycles. The molecule has 1 amide bonds. The Labute approximate surface area is 215 Å². The molecular formula is C26H56N2O6P+. The van der Waals surface area contributed by atoms with E-state index in [2.05, 4.69) is 6.92 Å². The van der Waals surface area contributed by atoms with Crippen molar-refractivity contribution in [2.75, 3.05) is 55.0 Å². The van der Waals surface area contributed by atoms with Crippen LogP contribution in [0.1, 0.15) is 103 Å². The van der Waals surface area contributed by atoms with Gasteiger partial charge in [-0.1, -0.05) is 96.8 Å². The van der Waals surface area contributed by atoms with Gasteiger partial charge in [0.05, 0.1) is 21.1 Å². The van der Waals surface area contributed by atoms with Crippen molar-refractivity contribution in [2.45, 2.75) is 109 Å². The van der Waals surface area contributed by atoms with E-state index >= 15 is 0 Å². The summed E-state index contributed by atoms with van der Waals surface area (Å²) in [5.74, 6) is 0. The average Bonchev–Trinajstić information content (AvgIpc) is 2.75. The fourth-order valence-electron chi connectivity index (χ4n) is 3.68. The van der Waals surface area contributed by atoms with Crippen LogP contribution >= 0.6 is 7.82 Å². The van der Waals surface area contributed by atoms with Crippen molar-refractivity contribution in [1.29, 1.82) is 0 Å². The van der Waals surface area contributed by atoms with Crippen molar-refractivity contribution in [3.8, 4) is 0 Å². The molecule has 0 rings (SSSR count). The Hall–Kier alpha value is -0.660. The van der Waals surface area contributed by atoms with Gasteiger partial charge in [-0.15, -0.1) is 0 Å². The van der Waals surface area contributed by atoms with Crippen LogP contribution in [0.2, 0.25) is 0 Å². The third-order valence-electron chi connectivity index (χ3n) is 5.94. The van der Waals surface area contributed by atoms with Gasteiger partial charge in [0.1, 0.15) is 25.9 Å². The molecule has 0 fully saturated rings. The van der Waals surface area contributed by atoms with Gasteiger partial charge in [0, 0.05) is 14.1 Å². The van der Waals surface area contributed by atoms with E-state index < -0.39 is 20.0 Å². The van der Waals surface area contributed by atoms with Gasteiger partial charge in [0.2, 0.25) is 0 Å². The van der Waals surface area contributed by atoms with Gasteiger partial charge in [-0.25, -0.2) is 9.36 Å². The number of ether oxygens (including phenoxy) is 1. The third kappa shape index (κ3) is 23.5. The number of unbranched alkanes of at least 4 members (excludes halogenated alkanes) is 13.